The largest absolute Gasteiger partial charge is 0.497 e. The van der Waals surface area contributed by atoms with Gasteiger partial charge in [0.25, 0.3) is 0 Å². The molecular formula is C15H19N3O3S. The second-order valence-corrected chi connectivity index (χ2v) is 5.52. The van der Waals surface area contributed by atoms with E-state index in [-0.39, 0.29) is 11.7 Å². The Morgan fingerprint density at radius 1 is 1.27 bits per heavy atom. The maximum atomic E-state index is 11.4. The predicted molar refractivity (Wildman–Crippen MR) is 84.2 cm³/mol. The van der Waals surface area contributed by atoms with Crippen LogP contribution in [-0.2, 0) is 23.0 Å². The Morgan fingerprint density at radius 3 is 2.64 bits per heavy atom. The molecule has 22 heavy (non-hydrogen) atoms. The van der Waals surface area contributed by atoms with E-state index in [1.54, 1.807) is 14.0 Å². The van der Waals surface area contributed by atoms with Gasteiger partial charge in [0, 0.05) is 13.5 Å². The van der Waals surface area contributed by atoms with E-state index in [1.165, 1.54) is 11.8 Å². The number of rotatable bonds is 7. The van der Waals surface area contributed by atoms with Crippen LogP contribution in [0.25, 0.3) is 0 Å². The Hall–Kier alpha value is -2.02. The smallest absolute Gasteiger partial charge is 0.316 e. The first kappa shape index (κ1) is 16.4. The molecule has 0 atom stereocenters. The lowest BCUT2D eigenvalue weighted by molar-refractivity contribution is -0.139. The predicted octanol–water partition coefficient (Wildman–Crippen LogP) is 2.07. The summed E-state index contributed by atoms with van der Waals surface area (Å²) in [5, 5.41) is 9.01. The summed E-state index contributed by atoms with van der Waals surface area (Å²) in [7, 11) is 3.54. The lowest BCUT2D eigenvalue weighted by Crippen LogP contribution is -2.07. The third kappa shape index (κ3) is 4.24. The van der Waals surface area contributed by atoms with Crippen molar-refractivity contribution in [2.75, 3.05) is 19.5 Å². The van der Waals surface area contributed by atoms with Gasteiger partial charge in [0.1, 0.15) is 11.6 Å². The SMILES string of the molecule is CCOC(=O)CSc1nnc(Cc2ccc(OC)cc2)n1C. The van der Waals surface area contributed by atoms with Gasteiger partial charge < -0.3 is 14.0 Å². The van der Waals surface area contributed by atoms with Crippen LogP contribution in [0.3, 0.4) is 0 Å². The van der Waals surface area contributed by atoms with Gasteiger partial charge in [-0.05, 0) is 24.6 Å². The van der Waals surface area contributed by atoms with E-state index in [9.17, 15) is 4.79 Å². The second-order valence-electron chi connectivity index (χ2n) is 4.58. The van der Waals surface area contributed by atoms with Crippen LogP contribution < -0.4 is 4.74 Å². The van der Waals surface area contributed by atoms with Crippen molar-refractivity contribution in [3.63, 3.8) is 0 Å². The topological polar surface area (TPSA) is 66.2 Å². The maximum absolute atomic E-state index is 11.4. The number of nitrogens with zero attached hydrogens (tertiary/aromatic N) is 3. The van der Waals surface area contributed by atoms with Crippen LogP contribution >= 0.6 is 11.8 Å². The van der Waals surface area contributed by atoms with Crippen LogP contribution in [0.15, 0.2) is 29.4 Å². The van der Waals surface area contributed by atoms with Crippen molar-refractivity contribution in [1.29, 1.82) is 0 Å². The average molecular weight is 321 g/mol. The van der Waals surface area contributed by atoms with Crippen LogP contribution in [0.1, 0.15) is 18.3 Å². The van der Waals surface area contributed by atoms with Crippen molar-refractivity contribution < 1.29 is 14.3 Å². The first-order chi connectivity index (χ1) is 10.6. The van der Waals surface area contributed by atoms with Gasteiger partial charge >= 0.3 is 5.97 Å². The van der Waals surface area contributed by atoms with Crippen molar-refractivity contribution in [2.45, 2.75) is 18.5 Å². The van der Waals surface area contributed by atoms with E-state index in [0.29, 0.717) is 18.2 Å². The highest BCUT2D eigenvalue weighted by atomic mass is 32.2. The van der Waals surface area contributed by atoms with Crippen molar-refractivity contribution in [2.24, 2.45) is 7.05 Å². The molecule has 0 aliphatic carbocycles. The van der Waals surface area contributed by atoms with Gasteiger partial charge in [0.15, 0.2) is 5.16 Å². The summed E-state index contributed by atoms with van der Waals surface area (Å²) in [5.41, 5.74) is 1.12. The van der Waals surface area contributed by atoms with Gasteiger partial charge in [-0.1, -0.05) is 23.9 Å². The lowest BCUT2D eigenvalue weighted by Gasteiger charge is -2.05. The molecule has 0 bridgehead atoms. The number of methoxy groups -OCH3 is 1. The summed E-state index contributed by atoms with van der Waals surface area (Å²) < 4.78 is 11.9. The highest BCUT2D eigenvalue weighted by Gasteiger charge is 2.12. The quantitative estimate of drug-likeness (QED) is 0.574. The fourth-order valence-electron chi connectivity index (χ4n) is 1.88. The third-order valence-corrected chi connectivity index (χ3v) is 4.06. The van der Waals surface area contributed by atoms with Gasteiger partial charge in [-0.2, -0.15) is 0 Å². The number of esters is 1. The third-order valence-electron chi connectivity index (χ3n) is 3.07. The number of benzene rings is 1. The molecule has 0 radical (unpaired) electrons. The van der Waals surface area contributed by atoms with Crippen LogP contribution in [0.4, 0.5) is 0 Å². The maximum Gasteiger partial charge on any atom is 0.316 e. The molecule has 0 N–H and O–H groups in total. The summed E-state index contributed by atoms with van der Waals surface area (Å²) in [4.78, 5) is 11.4. The number of carbonyl (C=O) groups is 1. The molecule has 0 aliphatic heterocycles. The molecule has 0 spiro atoms. The molecule has 1 heterocycles. The van der Waals surface area contributed by atoms with E-state index >= 15 is 0 Å². The summed E-state index contributed by atoms with van der Waals surface area (Å²) >= 11 is 1.33. The standard InChI is InChI=1S/C15H19N3O3S/c1-4-21-14(19)10-22-15-17-16-13(18(15)2)9-11-5-7-12(20-3)8-6-11/h5-8H,4,9-10H2,1-3H3. The van der Waals surface area contributed by atoms with Crippen molar-refractivity contribution in [1.82, 2.24) is 14.8 Å². The minimum absolute atomic E-state index is 0.238. The van der Waals surface area contributed by atoms with E-state index < -0.39 is 0 Å². The Bertz CT molecular complexity index is 625. The monoisotopic (exact) mass is 321 g/mol. The molecule has 118 valence electrons. The van der Waals surface area contributed by atoms with Gasteiger partial charge in [-0.3, -0.25) is 4.79 Å². The molecule has 7 heteroatoms. The Kier molecular flexibility index (Phi) is 5.83. The fraction of sp³-hybridized carbons (Fsp3) is 0.400. The Morgan fingerprint density at radius 2 is 2.00 bits per heavy atom. The highest BCUT2D eigenvalue weighted by Crippen LogP contribution is 2.18. The van der Waals surface area contributed by atoms with E-state index in [2.05, 4.69) is 10.2 Å². The molecular weight excluding hydrogens is 302 g/mol. The zero-order valence-corrected chi connectivity index (χ0v) is 13.7. The first-order valence-electron chi connectivity index (χ1n) is 6.93. The Balaban J connectivity index is 1.99. The number of hydrogen-bond acceptors (Lipinski definition) is 6. The number of aromatic nitrogens is 3. The van der Waals surface area contributed by atoms with E-state index in [1.807, 2.05) is 35.9 Å². The van der Waals surface area contributed by atoms with Crippen molar-refractivity contribution in [3.05, 3.63) is 35.7 Å². The van der Waals surface area contributed by atoms with Crippen LogP contribution in [0, 0.1) is 0 Å². The molecule has 1 aromatic heterocycles. The highest BCUT2D eigenvalue weighted by molar-refractivity contribution is 7.99. The van der Waals surface area contributed by atoms with E-state index in [0.717, 1.165) is 17.1 Å². The van der Waals surface area contributed by atoms with Crippen molar-refractivity contribution >= 4 is 17.7 Å². The molecule has 6 nitrogen and oxygen atoms in total. The average Bonchev–Trinajstić information content (AvgIpc) is 2.87. The molecule has 0 fully saturated rings. The number of carbonyl (C=O) groups excluding carboxylic acids is 1. The number of hydrogen-bond donors (Lipinski definition) is 0. The lowest BCUT2D eigenvalue weighted by atomic mass is 10.1. The number of thioether (sulfide) groups is 1. The molecule has 0 saturated heterocycles. The molecule has 1 aromatic carbocycles. The van der Waals surface area contributed by atoms with Crippen molar-refractivity contribution in [3.8, 4) is 5.75 Å². The van der Waals surface area contributed by atoms with Gasteiger partial charge in [0.2, 0.25) is 0 Å². The van der Waals surface area contributed by atoms with Crippen LogP contribution in [0.2, 0.25) is 0 Å². The summed E-state index contributed by atoms with van der Waals surface area (Å²) in [5.74, 6) is 1.67. The summed E-state index contributed by atoms with van der Waals surface area (Å²) in [6.45, 7) is 2.18. The molecule has 0 saturated carbocycles. The van der Waals surface area contributed by atoms with Crippen LogP contribution in [0.5, 0.6) is 5.75 Å². The van der Waals surface area contributed by atoms with E-state index in [4.69, 9.17) is 9.47 Å². The first-order valence-corrected chi connectivity index (χ1v) is 7.92. The minimum atomic E-state index is -0.243. The zero-order chi connectivity index (χ0) is 15.9. The Labute approximate surface area is 133 Å². The molecule has 2 rings (SSSR count). The van der Waals surface area contributed by atoms with Gasteiger partial charge in [-0.15, -0.1) is 10.2 Å². The molecule has 0 aliphatic rings. The molecule has 0 unspecified atom stereocenters. The molecule has 0 amide bonds. The summed E-state index contributed by atoms with van der Waals surface area (Å²) in [6, 6.07) is 7.84. The van der Waals surface area contributed by atoms with Gasteiger partial charge in [0.05, 0.1) is 19.5 Å². The molecule has 2 aromatic rings. The fourth-order valence-corrected chi connectivity index (χ4v) is 2.60. The normalized spacial score (nSPS) is 10.5. The zero-order valence-electron chi connectivity index (χ0n) is 12.9. The second kappa shape index (κ2) is 7.84. The minimum Gasteiger partial charge on any atom is -0.497 e. The van der Waals surface area contributed by atoms with Gasteiger partial charge in [-0.25, -0.2) is 0 Å². The summed E-state index contributed by atoms with van der Waals surface area (Å²) in [6.07, 6.45) is 0.674. The number of ether oxygens (including phenoxy) is 2. The van der Waals surface area contributed by atoms with Crippen LogP contribution in [-0.4, -0.2) is 40.2 Å².